The number of phenols is 1. The minimum Gasteiger partial charge on any atom is -0.508 e. The van der Waals surface area contributed by atoms with Crippen molar-refractivity contribution in [2.75, 3.05) is 0 Å². The van der Waals surface area contributed by atoms with Crippen molar-refractivity contribution in [3.63, 3.8) is 0 Å². The SMILES string of the molecule is Cc1nc2sc3c(c2c2nc(-c4ccc(O)cc4)nn12)CC[C@H](C)C3. The largest absolute Gasteiger partial charge is 0.508 e. The van der Waals surface area contributed by atoms with Crippen molar-refractivity contribution in [2.24, 2.45) is 5.92 Å². The Morgan fingerprint density at radius 2 is 2.00 bits per heavy atom. The van der Waals surface area contributed by atoms with Gasteiger partial charge in [0.15, 0.2) is 11.5 Å². The summed E-state index contributed by atoms with van der Waals surface area (Å²) in [6.07, 6.45) is 3.46. The molecule has 1 N–H and O–H groups in total. The highest BCUT2D eigenvalue weighted by Gasteiger charge is 2.24. The van der Waals surface area contributed by atoms with Gasteiger partial charge in [-0.15, -0.1) is 16.4 Å². The molecule has 0 amide bonds. The van der Waals surface area contributed by atoms with Crippen LogP contribution in [0.5, 0.6) is 5.75 Å². The van der Waals surface area contributed by atoms with Gasteiger partial charge in [0.1, 0.15) is 16.4 Å². The fraction of sp³-hybridized carbons (Fsp3) is 0.316. The van der Waals surface area contributed by atoms with Crippen molar-refractivity contribution in [3.05, 3.63) is 40.5 Å². The standard InChI is InChI=1S/C19H18N4OS/c1-10-3-8-14-15(9-10)25-19-16(14)18-21-17(22-23(18)11(2)20-19)12-4-6-13(24)7-5-12/h4-7,10,24H,3,8-9H2,1-2H3/t10-/m0/s1. The van der Waals surface area contributed by atoms with Crippen molar-refractivity contribution in [2.45, 2.75) is 33.1 Å². The second-order valence-corrected chi connectivity index (χ2v) is 7.99. The van der Waals surface area contributed by atoms with E-state index in [4.69, 9.17) is 9.97 Å². The molecule has 0 spiro atoms. The Labute approximate surface area is 149 Å². The third-order valence-corrected chi connectivity index (χ3v) is 6.17. The second-order valence-electron chi connectivity index (χ2n) is 6.91. The lowest BCUT2D eigenvalue weighted by Gasteiger charge is -2.17. The molecule has 0 fully saturated rings. The number of aromatic hydroxyl groups is 1. The first-order chi connectivity index (χ1) is 12.1. The van der Waals surface area contributed by atoms with Crippen LogP contribution in [0.4, 0.5) is 0 Å². The molecule has 3 aromatic heterocycles. The van der Waals surface area contributed by atoms with E-state index in [0.29, 0.717) is 5.82 Å². The van der Waals surface area contributed by atoms with Gasteiger partial charge in [0.05, 0.1) is 5.39 Å². The number of hydrogen-bond acceptors (Lipinski definition) is 5. The van der Waals surface area contributed by atoms with E-state index in [1.54, 1.807) is 12.1 Å². The number of thiophene rings is 1. The molecule has 0 aliphatic heterocycles. The molecule has 5 rings (SSSR count). The molecule has 1 atom stereocenters. The Hall–Kier alpha value is -2.47. The highest BCUT2D eigenvalue weighted by molar-refractivity contribution is 7.19. The van der Waals surface area contributed by atoms with Crippen molar-refractivity contribution >= 4 is 27.2 Å². The molecule has 6 heteroatoms. The van der Waals surface area contributed by atoms with Crippen LogP contribution in [0.15, 0.2) is 24.3 Å². The maximum Gasteiger partial charge on any atom is 0.182 e. The summed E-state index contributed by atoms with van der Waals surface area (Å²) in [7, 11) is 0. The summed E-state index contributed by atoms with van der Waals surface area (Å²) in [5, 5.41) is 15.3. The number of nitrogens with zero attached hydrogens (tertiary/aromatic N) is 4. The van der Waals surface area contributed by atoms with E-state index in [-0.39, 0.29) is 5.75 Å². The van der Waals surface area contributed by atoms with Crippen LogP contribution < -0.4 is 0 Å². The smallest absolute Gasteiger partial charge is 0.182 e. The van der Waals surface area contributed by atoms with Gasteiger partial charge in [-0.25, -0.2) is 9.97 Å². The highest BCUT2D eigenvalue weighted by Crippen LogP contribution is 2.39. The Morgan fingerprint density at radius 3 is 2.80 bits per heavy atom. The Kier molecular flexibility index (Phi) is 3.12. The van der Waals surface area contributed by atoms with Crippen molar-refractivity contribution < 1.29 is 5.11 Å². The average Bonchev–Trinajstić information content (AvgIpc) is 3.16. The van der Waals surface area contributed by atoms with Gasteiger partial charge in [0, 0.05) is 10.4 Å². The number of aromatic nitrogens is 4. The minimum atomic E-state index is 0.244. The number of benzene rings is 1. The van der Waals surface area contributed by atoms with Gasteiger partial charge in [0.25, 0.3) is 0 Å². The van der Waals surface area contributed by atoms with E-state index >= 15 is 0 Å². The Bertz CT molecular complexity index is 1110. The van der Waals surface area contributed by atoms with Crippen LogP contribution in [-0.4, -0.2) is 24.7 Å². The zero-order valence-electron chi connectivity index (χ0n) is 14.2. The van der Waals surface area contributed by atoms with Crippen LogP contribution in [0.3, 0.4) is 0 Å². The van der Waals surface area contributed by atoms with E-state index in [1.807, 2.05) is 34.9 Å². The third-order valence-electron chi connectivity index (χ3n) is 5.02. The Balaban J connectivity index is 1.78. The molecule has 0 bridgehead atoms. The predicted octanol–water partition coefficient (Wildman–Crippen LogP) is 4.14. The van der Waals surface area contributed by atoms with Crippen LogP contribution in [0, 0.1) is 12.8 Å². The molecule has 1 aliphatic carbocycles. The van der Waals surface area contributed by atoms with Crippen molar-refractivity contribution in [3.8, 4) is 17.1 Å². The van der Waals surface area contributed by atoms with Gasteiger partial charge in [0.2, 0.25) is 0 Å². The molecule has 0 radical (unpaired) electrons. The van der Waals surface area contributed by atoms with E-state index < -0.39 is 0 Å². The number of phenolic OH excluding ortho intramolecular Hbond substituents is 1. The van der Waals surface area contributed by atoms with Gasteiger partial charge in [-0.05, 0) is 61.9 Å². The third kappa shape index (κ3) is 2.24. The maximum atomic E-state index is 9.50. The zero-order chi connectivity index (χ0) is 17.1. The lowest BCUT2D eigenvalue weighted by molar-refractivity contribution is 0.475. The first-order valence-corrected chi connectivity index (χ1v) is 9.39. The highest BCUT2D eigenvalue weighted by atomic mass is 32.1. The number of hydrogen-bond donors (Lipinski definition) is 1. The summed E-state index contributed by atoms with van der Waals surface area (Å²) in [5.74, 6) is 2.50. The van der Waals surface area contributed by atoms with Crippen molar-refractivity contribution in [1.82, 2.24) is 19.6 Å². The number of rotatable bonds is 1. The molecule has 0 saturated heterocycles. The zero-order valence-corrected chi connectivity index (χ0v) is 15.0. The molecule has 126 valence electrons. The lowest BCUT2D eigenvalue weighted by Crippen LogP contribution is -2.08. The van der Waals surface area contributed by atoms with Crippen LogP contribution in [-0.2, 0) is 12.8 Å². The molecular weight excluding hydrogens is 332 g/mol. The fourth-order valence-electron chi connectivity index (χ4n) is 3.67. The second kappa shape index (κ2) is 5.26. The van der Waals surface area contributed by atoms with Crippen LogP contribution in [0.1, 0.15) is 29.6 Å². The first-order valence-electron chi connectivity index (χ1n) is 8.57. The normalized spacial score (nSPS) is 17.3. The van der Waals surface area contributed by atoms with Crippen LogP contribution >= 0.6 is 11.3 Å². The number of fused-ring (bicyclic) bond motifs is 5. The molecule has 0 saturated carbocycles. The molecule has 25 heavy (non-hydrogen) atoms. The number of aryl methyl sites for hydroxylation is 2. The molecule has 3 heterocycles. The minimum absolute atomic E-state index is 0.244. The lowest BCUT2D eigenvalue weighted by atomic mass is 9.89. The predicted molar refractivity (Wildman–Crippen MR) is 99.2 cm³/mol. The van der Waals surface area contributed by atoms with Gasteiger partial charge < -0.3 is 5.11 Å². The topological polar surface area (TPSA) is 63.3 Å². The summed E-state index contributed by atoms with van der Waals surface area (Å²) >= 11 is 1.81. The summed E-state index contributed by atoms with van der Waals surface area (Å²) in [5.41, 5.74) is 3.21. The van der Waals surface area contributed by atoms with Gasteiger partial charge >= 0.3 is 0 Å². The van der Waals surface area contributed by atoms with Gasteiger partial charge in [-0.2, -0.15) is 4.52 Å². The summed E-state index contributed by atoms with van der Waals surface area (Å²) < 4.78 is 1.86. The maximum absolute atomic E-state index is 9.50. The van der Waals surface area contributed by atoms with Crippen molar-refractivity contribution in [1.29, 1.82) is 0 Å². The quantitative estimate of drug-likeness (QED) is 0.560. The molecule has 1 aliphatic rings. The molecule has 1 aromatic carbocycles. The van der Waals surface area contributed by atoms with E-state index in [1.165, 1.54) is 22.2 Å². The molecular formula is C19H18N4OS. The monoisotopic (exact) mass is 350 g/mol. The fourth-order valence-corrected chi connectivity index (χ4v) is 5.10. The van der Waals surface area contributed by atoms with E-state index in [9.17, 15) is 5.11 Å². The van der Waals surface area contributed by atoms with Crippen LogP contribution in [0.25, 0.3) is 27.3 Å². The summed E-state index contributed by atoms with van der Waals surface area (Å²) in [6, 6.07) is 7.01. The van der Waals surface area contributed by atoms with E-state index in [2.05, 4.69) is 12.0 Å². The van der Waals surface area contributed by atoms with E-state index in [0.717, 1.165) is 40.6 Å². The van der Waals surface area contributed by atoms with Gasteiger partial charge in [-0.1, -0.05) is 6.92 Å². The first kappa shape index (κ1) is 14.8. The molecule has 5 nitrogen and oxygen atoms in total. The summed E-state index contributed by atoms with van der Waals surface area (Å²) in [4.78, 5) is 12.2. The molecule has 0 unspecified atom stereocenters. The summed E-state index contributed by atoms with van der Waals surface area (Å²) in [6.45, 7) is 4.30. The average molecular weight is 350 g/mol. The molecule has 4 aromatic rings. The van der Waals surface area contributed by atoms with Crippen LogP contribution in [0.2, 0.25) is 0 Å². The van der Waals surface area contributed by atoms with Gasteiger partial charge in [-0.3, -0.25) is 0 Å². The Morgan fingerprint density at radius 1 is 1.20 bits per heavy atom.